The molecule has 40 heavy (non-hydrogen) atoms. The smallest absolute Gasteiger partial charge is 0.229 e. The van der Waals surface area contributed by atoms with Crippen LogP contribution in [0.3, 0.4) is 0 Å². The van der Waals surface area contributed by atoms with E-state index in [1.807, 2.05) is 12.1 Å². The zero-order valence-electron chi connectivity index (χ0n) is 21.1. The minimum absolute atomic E-state index is 0.0639. The summed E-state index contributed by atoms with van der Waals surface area (Å²) >= 11 is 6.12. The van der Waals surface area contributed by atoms with E-state index in [9.17, 15) is 23.8 Å². The Morgan fingerprint density at radius 3 is 2.75 bits per heavy atom. The van der Waals surface area contributed by atoms with Crippen molar-refractivity contribution in [2.75, 3.05) is 12.4 Å². The van der Waals surface area contributed by atoms with E-state index in [4.69, 9.17) is 11.6 Å². The Balaban J connectivity index is 1.42. The van der Waals surface area contributed by atoms with Gasteiger partial charge in [-0.3, -0.25) is 4.79 Å². The van der Waals surface area contributed by atoms with Crippen molar-refractivity contribution < 1.29 is 23.8 Å². The van der Waals surface area contributed by atoms with Gasteiger partial charge in [0.25, 0.3) is 0 Å². The lowest BCUT2D eigenvalue weighted by molar-refractivity contribution is -0.132. The van der Waals surface area contributed by atoms with E-state index < -0.39 is 35.3 Å². The molecule has 6 rings (SSSR count). The van der Waals surface area contributed by atoms with Gasteiger partial charge in [-0.2, -0.15) is 0 Å². The summed E-state index contributed by atoms with van der Waals surface area (Å²) in [6.45, 7) is 0.350. The van der Waals surface area contributed by atoms with Crippen molar-refractivity contribution in [2.45, 2.75) is 31.2 Å². The number of hydrogen-bond donors (Lipinski definition) is 4. The Hall–Kier alpha value is -4.11. The SMILES string of the molecule is CNC(=O)[C@@]12C[C@@H]1[C@@H](n1cnc3c(NCc4cccc(Cl)c4)nc(C#Cc4ccc(F)c(F)c4)nc31)[C@H](O)[C@@H]2O. The van der Waals surface area contributed by atoms with E-state index in [2.05, 4.69) is 37.4 Å². The summed E-state index contributed by atoms with van der Waals surface area (Å²) < 4.78 is 28.7. The minimum atomic E-state index is -1.25. The van der Waals surface area contributed by atoms with Crippen LogP contribution in [-0.2, 0) is 11.3 Å². The molecule has 4 N–H and O–H groups in total. The number of nitrogens with zero attached hydrogens (tertiary/aromatic N) is 4. The molecule has 5 atom stereocenters. The maximum atomic E-state index is 13.7. The molecule has 0 spiro atoms. The lowest BCUT2D eigenvalue weighted by atomic mass is 9.98. The Morgan fingerprint density at radius 2 is 2.00 bits per heavy atom. The minimum Gasteiger partial charge on any atom is -0.389 e. The van der Waals surface area contributed by atoms with E-state index >= 15 is 0 Å². The second-order valence-corrected chi connectivity index (χ2v) is 10.4. The van der Waals surface area contributed by atoms with Crippen LogP contribution in [0.4, 0.5) is 14.6 Å². The Morgan fingerprint density at radius 1 is 1.18 bits per heavy atom. The highest BCUT2D eigenvalue weighted by Crippen LogP contribution is 2.67. The van der Waals surface area contributed by atoms with Gasteiger partial charge in [-0.05, 0) is 48.2 Å². The van der Waals surface area contributed by atoms with Gasteiger partial charge in [-0.1, -0.05) is 29.7 Å². The highest BCUT2D eigenvalue weighted by molar-refractivity contribution is 6.30. The van der Waals surface area contributed by atoms with Crippen LogP contribution in [0, 0.1) is 34.8 Å². The van der Waals surface area contributed by atoms with Gasteiger partial charge in [0.15, 0.2) is 28.6 Å². The third-order valence-corrected chi connectivity index (χ3v) is 7.89. The molecule has 9 nitrogen and oxygen atoms in total. The molecule has 0 unspecified atom stereocenters. The van der Waals surface area contributed by atoms with Crippen LogP contribution in [0.25, 0.3) is 11.2 Å². The Kier molecular flexibility index (Phi) is 6.41. The van der Waals surface area contributed by atoms with E-state index in [-0.39, 0.29) is 23.2 Å². The lowest BCUT2D eigenvalue weighted by Crippen LogP contribution is -2.41. The van der Waals surface area contributed by atoms with Crippen LogP contribution >= 0.6 is 11.6 Å². The van der Waals surface area contributed by atoms with Gasteiger partial charge in [-0.15, -0.1) is 0 Å². The summed E-state index contributed by atoms with van der Waals surface area (Å²) in [4.78, 5) is 26.2. The highest BCUT2D eigenvalue weighted by Gasteiger charge is 2.75. The Bertz CT molecular complexity index is 1720. The maximum absolute atomic E-state index is 13.7. The first-order valence-corrected chi connectivity index (χ1v) is 12.9. The van der Waals surface area contributed by atoms with Crippen molar-refractivity contribution in [1.29, 1.82) is 0 Å². The molecule has 2 aliphatic rings. The first-order chi connectivity index (χ1) is 19.2. The highest BCUT2D eigenvalue weighted by atomic mass is 35.5. The van der Waals surface area contributed by atoms with Gasteiger partial charge in [-0.25, -0.2) is 23.7 Å². The summed E-state index contributed by atoms with van der Waals surface area (Å²) in [5, 5.41) is 28.2. The molecule has 0 aliphatic heterocycles. The van der Waals surface area contributed by atoms with E-state index in [0.717, 1.165) is 17.7 Å². The van der Waals surface area contributed by atoms with Crippen molar-refractivity contribution in [3.05, 3.63) is 82.4 Å². The fraction of sp³-hybridized carbons (Fsp3) is 0.286. The first kappa shape index (κ1) is 26.1. The topological polar surface area (TPSA) is 125 Å². The maximum Gasteiger partial charge on any atom is 0.229 e. The molecule has 12 heteroatoms. The van der Waals surface area contributed by atoms with Crippen LogP contribution in [0.2, 0.25) is 5.02 Å². The fourth-order valence-corrected chi connectivity index (χ4v) is 5.85. The largest absolute Gasteiger partial charge is 0.389 e. The van der Waals surface area contributed by atoms with E-state index in [0.29, 0.717) is 35.0 Å². The molecule has 2 aromatic heterocycles. The third kappa shape index (κ3) is 4.25. The number of fused-ring (bicyclic) bond motifs is 2. The molecule has 2 fully saturated rings. The van der Waals surface area contributed by atoms with Gasteiger partial charge in [0.1, 0.15) is 6.10 Å². The number of halogens is 3. The van der Waals surface area contributed by atoms with Crippen LogP contribution < -0.4 is 10.6 Å². The third-order valence-electron chi connectivity index (χ3n) is 7.65. The molecule has 204 valence electrons. The van der Waals surface area contributed by atoms with Crippen LogP contribution in [0.15, 0.2) is 48.8 Å². The molecule has 0 saturated heterocycles. The molecular formula is C28H23ClF2N6O3. The van der Waals surface area contributed by atoms with Gasteiger partial charge in [0, 0.05) is 30.1 Å². The number of hydrogen-bond acceptors (Lipinski definition) is 7. The Labute approximate surface area is 232 Å². The lowest BCUT2D eigenvalue weighted by Gasteiger charge is -2.23. The van der Waals surface area contributed by atoms with E-state index in [1.165, 1.54) is 19.4 Å². The van der Waals surface area contributed by atoms with Gasteiger partial charge < -0.3 is 25.4 Å². The van der Waals surface area contributed by atoms with Crippen molar-refractivity contribution in [3.8, 4) is 11.8 Å². The number of carbonyl (C=O) groups is 1. The summed E-state index contributed by atoms with van der Waals surface area (Å²) in [7, 11) is 1.49. The molecule has 0 radical (unpaired) electrons. The quantitative estimate of drug-likeness (QED) is 0.275. The molecule has 2 aromatic carbocycles. The second-order valence-electron chi connectivity index (χ2n) is 9.94. The van der Waals surface area contributed by atoms with E-state index in [1.54, 1.807) is 16.7 Å². The summed E-state index contributed by atoms with van der Waals surface area (Å²) in [6, 6.07) is 9.92. The van der Waals surface area contributed by atoms with Crippen LogP contribution in [0.1, 0.15) is 29.4 Å². The molecule has 2 saturated carbocycles. The number of aliphatic hydroxyl groups is 2. The normalized spacial score (nSPS) is 24.8. The fourth-order valence-electron chi connectivity index (χ4n) is 5.64. The predicted octanol–water partition coefficient (Wildman–Crippen LogP) is 2.80. The average molecular weight is 565 g/mol. The van der Waals surface area contributed by atoms with Crippen molar-refractivity contribution in [2.24, 2.45) is 11.3 Å². The molecule has 2 aliphatic carbocycles. The number of imidazole rings is 1. The standard InChI is InChI=1S/C28H23ClF2N6O3/c1-32-27(40)28-11-17(28)22(23(38)24(28)39)37-13-34-21-25(33-12-15-3-2-4-16(29)9-15)35-20(36-26(21)37)8-6-14-5-7-18(30)19(31)10-14/h2-5,7,9-10,13,17,22-24,38-39H,11-12H2,1H3,(H,32,40)(H,33,35,36)/t17-,22-,23+,24+,28+/m1/s1. The van der Waals surface area contributed by atoms with Gasteiger partial charge in [0.05, 0.1) is 23.9 Å². The monoisotopic (exact) mass is 564 g/mol. The number of aliphatic hydroxyl groups excluding tert-OH is 2. The zero-order valence-corrected chi connectivity index (χ0v) is 21.8. The zero-order chi connectivity index (χ0) is 28.2. The molecule has 4 aromatic rings. The summed E-state index contributed by atoms with van der Waals surface area (Å²) in [5.41, 5.74) is 0.753. The average Bonchev–Trinajstić information content (AvgIpc) is 3.48. The van der Waals surface area contributed by atoms with Crippen LogP contribution in [-0.4, -0.2) is 54.9 Å². The number of nitrogens with one attached hydrogen (secondary N) is 2. The molecule has 1 amide bonds. The van der Waals surface area contributed by atoms with Crippen LogP contribution in [0.5, 0.6) is 0 Å². The number of rotatable bonds is 5. The number of carbonyl (C=O) groups excluding carboxylic acids is 1. The molecule has 2 heterocycles. The summed E-state index contributed by atoms with van der Waals surface area (Å²) in [5.74, 6) is 3.29. The van der Waals surface area contributed by atoms with Gasteiger partial charge in [0.2, 0.25) is 11.7 Å². The number of anilines is 1. The second kappa shape index (κ2) is 9.82. The number of amides is 1. The first-order valence-electron chi connectivity index (χ1n) is 12.5. The number of aromatic nitrogens is 4. The molecule has 0 bridgehead atoms. The van der Waals surface area contributed by atoms with Crippen molar-refractivity contribution >= 4 is 34.5 Å². The predicted molar refractivity (Wildman–Crippen MR) is 142 cm³/mol. The van der Waals surface area contributed by atoms with Crippen molar-refractivity contribution in [1.82, 2.24) is 24.8 Å². The summed E-state index contributed by atoms with van der Waals surface area (Å²) in [6.07, 6.45) is -0.587. The molecular weight excluding hydrogens is 542 g/mol. The van der Waals surface area contributed by atoms with Gasteiger partial charge >= 0.3 is 0 Å². The number of benzene rings is 2. The van der Waals surface area contributed by atoms with Crippen molar-refractivity contribution in [3.63, 3.8) is 0 Å².